The van der Waals surface area contributed by atoms with Crippen molar-refractivity contribution in [3.05, 3.63) is 63.7 Å². The molecule has 1 amide bonds. The lowest BCUT2D eigenvalue weighted by Gasteiger charge is -2.45. The number of hydrogen-bond acceptors (Lipinski definition) is 6. The Morgan fingerprint density at radius 3 is 2.63 bits per heavy atom. The van der Waals surface area contributed by atoms with E-state index in [-0.39, 0.29) is 11.6 Å². The largest absolute Gasteiger partial charge is 0.485 e. The van der Waals surface area contributed by atoms with Crippen LogP contribution in [-0.4, -0.2) is 45.3 Å². The van der Waals surface area contributed by atoms with Crippen LogP contribution in [0.1, 0.15) is 43.9 Å². The van der Waals surface area contributed by atoms with E-state index in [4.69, 9.17) is 4.74 Å². The Morgan fingerprint density at radius 1 is 1.27 bits per heavy atom. The summed E-state index contributed by atoms with van der Waals surface area (Å²) in [4.78, 5) is 28.9. The molecule has 2 aromatic rings. The third kappa shape index (κ3) is 3.66. The van der Waals surface area contributed by atoms with Crippen LogP contribution in [0.2, 0.25) is 0 Å². The van der Waals surface area contributed by atoms with Crippen molar-refractivity contribution in [2.75, 3.05) is 6.54 Å². The Labute approximate surface area is 174 Å². The Morgan fingerprint density at radius 2 is 2.00 bits per heavy atom. The van der Waals surface area contributed by atoms with Gasteiger partial charge in [-0.05, 0) is 56.2 Å². The van der Waals surface area contributed by atoms with Crippen molar-refractivity contribution >= 4 is 23.5 Å². The van der Waals surface area contributed by atoms with Gasteiger partial charge < -0.3 is 14.7 Å². The number of nitro benzene ring substituents is 1. The molecule has 0 radical (unpaired) electrons. The van der Waals surface area contributed by atoms with E-state index in [9.17, 15) is 20.0 Å². The highest BCUT2D eigenvalue weighted by Gasteiger charge is 2.47. The number of nitrogens with zero attached hydrogens (tertiary/aromatic N) is 3. The number of aliphatic imine (C=N–C) groups is 1. The van der Waals surface area contributed by atoms with Gasteiger partial charge in [0.25, 0.3) is 5.69 Å². The minimum Gasteiger partial charge on any atom is -0.485 e. The highest BCUT2D eigenvalue weighted by atomic mass is 16.6. The van der Waals surface area contributed by atoms with Crippen molar-refractivity contribution in [2.24, 2.45) is 4.99 Å². The number of fused-ring (bicyclic) bond motifs is 1. The van der Waals surface area contributed by atoms with E-state index in [1.165, 1.54) is 12.1 Å². The molecule has 2 aliphatic heterocycles. The summed E-state index contributed by atoms with van der Waals surface area (Å²) in [5, 5.41) is 21.8. The highest BCUT2D eigenvalue weighted by molar-refractivity contribution is 5.82. The number of benzene rings is 2. The Hall–Kier alpha value is -3.26. The van der Waals surface area contributed by atoms with Crippen LogP contribution in [0.15, 0.2) is 47.5 Å². The zero-order valence-electron chi connectivity index (χ0n) is 16.8. The third-order valence-corrected chi connectivity index (χ3v) is 5.61. The molecule has 4 rings (SSSR count). The number of likely N-dealkylation sites (tertiary alicyclic amines) is 1. The van der Waals surface area contributed by atoms with E-state index < -0.39 is 22.7 Å². The van der Waals surface area contributed by atoms with Crippen LogP contribution >= 0.6 is 0 Å². The zero-order valence-corrected chi connectivity index (χ0v) is 16.8. The third-order valence-electron chi connectivity index (χ3n) is 5.61. The van der Waals surface area contributed by atoms with E-state index in [2.05, 4.69) is 4.99 Å². The number of hydrogen-bond donors (Lipinski definition) is 1. The first-order valence-corrected chi connectivity index (χ1v) is 9.85. The van der Waals surface area contributed by atoms with Gasteiger partial charge in [-0.3, -0.25) is 19.9 Å². The summed E-state index contributed by atoms with van der Waals surface area (Å²) in [5.74, 6) is 0.659. The van der Waals surface area contributed by atoms with Crippen LogP contribution in [-0.2, 0) is 4.79 Å². The summed E-state index contributed by atoms with van der Waals surface area (Å²) in [6.07, 6.45) is 2.00. The van der Waals surface area contributed by atoms with E-state index in [0.29, 0.717) is 24.4 Å². The molecule has 2 heterocycles. The smallest absolute Gasteiger partial charge is 0.269 e. The van der Waals surface area contributed by atoms with Gasteiger partial charge in [-0.25, -0.2) is 0 Å². The predicted molar refractivity (Wildman–Crippen MR) is 111 cm³/mol. The minimum absolute atomic E-state index is 0.0211. The lowest BCUT2D eigenvalue weighted by molar-refractivity contribution is -0.384. The summed E-state index contributed by atoms with van der Waals surface area (Å²) in [5.41, 5.74) is 1.29. The van der Waals surface area contributed by atoms with Crippen LogP contribution < -0.4 is 4.74 Å². The fourth-order valence-corrected chi connectivity index (χ4v) is 3.97. The van der Waals surface area contributed by atoms with Crippen LogP contribution in [0.25, 0.3) is 0 Å². The molecule has 8 nitrogen and oxygen atoms in total. The highest BCUT2D eigenvalue weighted by Crippen LogP contribution is 2.45. The lowest BCUT2D eigenvalue weighted by Crippen LogP contribution is -2.53. The van der Waals surface area contributed by atoms with Crippen LogP contribution in [0.3, 0.4) is 0 Å². The van der Waals surface area contributed by atoms with Gasteiger partial charge in [0, 0.05) is 36.9 Å². The molecule has 0 aromatic heterocycles. The maximum atomic E-state index is 12.4. The van der Waals surface area contributed by atoms with Crippen molar-refractivity contribution < 1.29 is 19.6 Å². The summed E-state index contributed by atoms with van der Waals surface area (Å²) < 4.78 is 6.01. The number of non-ortho nitro benzene ring substituents is 1. The quantitative estimate of drug-likeness (QED) is 0.472. The van der Waals surface area contributed by atoms with Crippen molar-refractivity contribution in [3.8, 4) is 5.75 Å². The fourth-order valence-electron chi connectivity index (χ4n) is 3.97. The molecule has 30 heavy (non-hydrogen) atoms. The van der Waals surface area contributed by atoms with Crippen molar-refractivity contribution in [3.63, 3.8) is 0 Å². The van der Waals surface area contributed by atoms with Crippen LogP contribution in [0.4, 0.5) is 11.4 Å². The number of nitro groups is 1. The molecular formula is C22H23N3O5. The SMILES string of the molecule is CC1(C)Oc2ccc(N=Cc3ccc([N+](=O)[O-])cc3)cc2[C@@H](N2CCCC2=O)[C@@H]1O. The van der Waals surface area contributed by atoms with Gasteiger partial charge in [0.05, 0.1) is 16.7 Å². The molecule has 2 aromatic carbocycles. The second kappa shape index (κ2) is 7.53. The van der Waals surface area contributed by atoms with E-state index in [1.807, 2.05) is 19.9 Å². The Kier molecular flexibility index (Phi) is 5.03. The van der Waals surface area contributed by atoms with Gasteiger partial charge in [0.1, 0.15) is 17.5 Å². The van der Waals surface area contributed by atoms with Gasteiger partial charge in [-0.1, -0.05) is 0 Å². The molecule has 156 valence electrons. The molecule has 1 N–H and O–H groups in total. The standard InChI is InChI=1S/C22H23N3O5/c1-22(2)21(27)20(24-11-3-4-19(24)26)17-12-15(7-10-18(17)30-22)23-13-14-5-8-16(9-6-14)25(28)29/h5-10,12-13,20-21,27H,3-4,11H2,1-2H3/t20-,21+/m1/s1. The average molecular weight is 409 g/mol. The number of amides is 1. The number of carbonyl (C=O) groups excluding carboxylic acids is 1. The average Bonchev–Trinajstić information content (AvgIpc) is 3.13. The van der Waals surface area contributed by atoms with Crippen molar-refractivity contribution in [2.45, 2.75) is 44.4 Å². The molecule has 0 spiro atoms. The number of aliphatic hydroxyl groups is 1. The van der Waals surface area contributed by atoms with Crippen LogP contribution in [0, 0.1) is 10.1 Å². The van der Waals surface area contributed by atoms with Gasteiger partial charge >= 0.3 is 0 Å². The number of carbonyl (C=O) groups is 1. The summed E-state index contributed by atoms with van der Waals surface area (Å²) in [6, 6.07) is 11.0. The molecule has 2 aliphatic rings. The minimum atomic E-state index is -0.874. The van der Waals surface area contributed by atoms with E-state index in [1.54, 1.807) is 35.4 Å². The maximum Gasteiger partial charge on any atom is 0.269 e. The predicted octanol–water partition coefficient (Wildman–Crippen LogP) is 3.54. The van der Waals surface area contributed by atoms with Gasteiger partial charge in [0.15, 0.2) is 0 Å². The summed E-state index contributed by atoms with van der Waals surface area (Å²) >= 11 is 0. The Bertz CT molecular complexity index is 1020. The van der Waals surface area contributed by atoms with Gasteiger partial charge in [0.2, 0.25) is 5.91 Å². The number of aliphatic hydroxyl groups excluding tert-OH is 1. The number of ether oxygens (including phenoxy) is 1. The topological polar surface area (TPSA) is 105 Å². The maximum absolute atomic E-state index is 12.4. The monoisotopic (exact) mass is 409 g/mol. The van der Waals surface area contributed by atoms with Gasteiger partial charge in [-0.2, -0.15) is 0 Å². The molecule has 0 unspecified atom stereocenters. The number of rotatable bonds is 4. The molecule has 0 aliphatic carbocycles. The molecule has 0 bridgehead atoms. The van der Waals surface area contributed by atoms with Crippen molar-refractivity contribution in [1.82, 2.24) is 4.90 Å². The first-order valence-electron chi connectivity index (χ1n) is 9.85. The molecular weight excluding hydrogens is 386 g/mol. The molecule has 1 fully saturated rings. The molecule has 0 saturated carbocycles. The second-order valence-electron chi connectivity index (χ2n) is 8.11. The lowest BCUT2D eigenvalue weighted by atomic mass is 9.85. The zero-order chi connectivity index (χ0) is 21.5. The van der Waals surface area contributed by atoms with E-state index >= 15 is 0 Å². The molecule has 1 saturated heterocycles. The normalized spacial score (nSPS) is 22.8. The summed E-state index contributed by atoms with van der Waals surface area (Å²) in [7, 11) is 0. The van der Waals surface area contributed by atoms with Crippen LogP contribution in [0.5, 0.6) is 5.75 Å². The Balaban J connectivity index is 1.66. The first kappa shape index (κ1) is 20.0. The first-order chi connectivity index (χ1) is 14.3. The molecule has 8 heteroatoms. The molecule has 2 atom stereocenters. The van der Waals surface area contributed by atoms with Gasteiger partial charge in [-0.15, -0.1) is 0 Å². The summed E-state index contributed by atoms with van der Waals surface area (Å²) in [6.45, 7) is 4.23. The van der Waals surface area contributed by atoms with Crippen molar-refractivity contribution in [1.29, 1.82) is 0 Å². The van der Waals surface area contributed by atoms with E-state index in [0.717, 1.165) is 17.5 Å². The second-order valence-corrected chi connectivity index (χ2v) is 8.11. The fraction of sp³-hybridized carbons (Fsp3) is 0.364.